The normalized spacial score (nSPS) is 18.8. The second kappa shape index (κ2) is 8.20. The first-order valence-electron chi connectivity index (χ1n) is 10.6. The molecule has 4 heterocycles. The van der Waals surface area contributed by atoms with Gasteiger partial charge >= 0.3 is 0 Å². The Kier molecular flexibility index (Phi) is 5.27. The summed E-state index contributed by atoms with van der Waals surface area (Å²) in [6, 6.07) is 17.3. The predicted molar refractivity (Wildman–Crippen MR) is 126 cm³/mol. The van der Waals surface area contributed by atoms with Crippen LogP contribution in [0, 0.1) is 6.92 Å². The Morgan fingerprint density at radius 3 is 2.87 bits per heavy atom. The molecule has 0 aliphatic carbocycles. The first kappa shape index (κ1) is 19.3. The average Bonchev–Trinajstić information content (AvgIpc) is 3.05. The maximum Gasteiger partial charge on any atom is 0.139 e. The molecule has 0 amide bonds. The van der Waals surface area contributed by atoms with Crippen LogP contribution in [0.25, 0.3) is 0 Å². The van der Waals surface area contributed by atoms with E-state index in [2.05, 4.69) is 76.5 Å². The average molecular weight is 418 g/mol. The third-order valence-electron chi connectivity index (χ3n) is 6.01. The van der Waals surface area contributed by atoms with Gasteiger partial charge in [-0.1, -0.05) is 18.2 Å². The molecule has 0 saturated carbocycles. The summed E-state index contributed by atoms with van der Waals surface area (Å²) in [5, 5.41) is 4.81. The number of nitrogens with zero attached hydrogens (tertiary/aromatic N) is 4. The topological polar surface area (TPSA) is 43.8 Å². The lowest BCUT2D eigenvalue weighted by Crippen LogP contribution is -2.53. The van der Waals surface area contributed by atoms with Crippen molar-refractivity contribution in [3.8, 4) is 0 Å². The minimum absolute atomic E-state index is 0.484. The maximum atomic E-state index is 5.15. The zero-order valence-corrected chi connectivity index (χ0v) is 18.3. The van der Waals surface area contributed by atoms with Crippen LogP contribution in [0.3, 0.4) is 0 Å². The number of amidine groups is 1. The van der Waals surface area contributed by atoms with Gasteiger partial charge in [0.05, 0.1) is 16.9 Å². The van der Waals surface area contributed by atoms with Crippen molar-refractivity contribution in [2.75, 3.05) is 32.0 Å². The summed E-state index contributed by atoms with van der Waals surface area (Å²) >= 11 is 1.81. The van der Waals surface area contributed by atoms with Crippen LogP contribution in [-0.2, 0) is 6.42 Å². The molecule has 1 aromatic carbocycles. The number of fused-ring (bicyclic) bond motifs is 2. The Bertz CT molecular complexity index is 1060. The predicted octanol–water partition coefficient (Wildman–Crippen LogP) is 4.84. The van der Waals surface area contributed by atoms with Crippen LogP contribution in [0.15, 0.2) is 59.7 Å². The standard InChI is InChI=1S/C24H27N5S/c1-17-15-20-23(26-21-8-3-4-9-22(21)27-24(20)30-17)29-14-13-28(2)19(16-29)11-10-18-7-5-6-12-25-18/h3-9,12,15,19,27H,10-11,13-14,16H2,1-2H3/t19-/m0/s1. The number of hydrogen-bond acceptors (Lipinski definition) is 6. The van der Waals surface area contributed by atoms with Crippen molar-refractivity contribution in [2.45, 2.75) is 25.8 Å². The molecular weight excluding hydrogens is 390 g/mol. The number of benzene rings is 1. The molecule has 1 atom stereocenters. The number of hydrogen-bond donors (Lipinski definition) is 1. The number of pyridine rings is 1. The lowest BCUT2D eigenvalue weighted by Gasteiger charge is -2.41. The van der Waals surface area contributed by atoms with Gasteiger partial charge in [-0.2, -0.15) is 0 Å². The highest BCUT2D eigenvalue weighted by Gasteiger charge is 2.29. The summed E-state index contributed by atoms with van der Waals surface area (Å²) in [6.07, 6.45) is 3.99. The van der Waals surface area contributed by atoms with Gasteiger partial charge in [0, 0.05) is 42.4 Å². The summed E-state index contributed by atoms with van der Waals surface area (Å²) < 4.78 is 0. The van der Waals surface area contributed by atoms with E-state index in [1.54, 1.807) is 11.3 Å². The zero-order chi connectivity index (χ0) is 20.5. The maximum absolute atomic E-state index is 5.15. The van der Waals surface area contributed by atoms with Crippen molar-refractivity contribution >= 4 is 33.5 Å². The minimum atomic E-state index is 0.484. The number of piperazine rings is 1. The number of para-hydroxylation sites is 2. The Morgan fingerprint density at radius 1 is 1.13 bits per heavy atom. The van der Waals surface area contributed by atoms with Crippen molar-refractivity contribution in [3.05, 3.63) is 70.9 Å². The van der Waals surface area contributed by atoms with Gasteiger partial charge in [-0.05, 0) is 57.1 Å². The molecule has 0 unspecified atom stereocenters. The molecule has 1 fully saturated rings. The fourth-order valence-corrected chi connectivity index (χ4v) is 5.22. The van der Waals surface area contributed by atoms with Crippen LogP contribution < -0.4 is 5.32 Å². The SMILES string of the molecule is Cc1cc2c(s1)Nc1ccccc1N=C2N1CCN(C)[C@@H](CCc2ccccn2)C1. The Morgan fingerprint density at radius 2 is 2.00 bits per heavy atom. The van der Waals surface area contributed by atoms with E-state index in [-0.39, 0.29) is 0 Å². The number of likely N-dealkylation sites (N-methyl/N-ethyl adjacent to an activating group) is 1. The summed E-state index contributed by atoms with van der Waals surface area (Å²) in [6.45, 7) is 5.19. The molecule has 6 heteroatoms. The van der Waals surface area contributed by atoms with Gasteiger partial charge in [-0.25, -0.2) is 4.99 Å². The molecule has 0 radical (unpaired) electrons. The van der Waals surface area contributed by atoms with Crippen molar-refractivity contribution in [3.63, 3.8) is 0 Å². The number of aliphatic imine (C=N–C) groups is 1. The number of thiophene rings is 1. The van der Waals surface area contributed by atoms with E-state index in [4.69, 9.17) is 4.99 Å². The molecule has 2 aliphatic rings. The second-order valence-electron chi connectivity index (χ2n) is 8.12. The molecule has 0 bridgehead atoms. The van der Waals surface area contributed by atoms with E-state index >= 15 is 0 Å². The fraction of sp³-hybridized carbons (Fsp3) is 0.333. The van der Waals surface area contributed by atoms with Crippen molar-refractivity contribution in [2.24, 2.45) is 4.99 Å². The fourth-order valence-electron chi connectivity index (χ4n) is 4.30. The van der Waals surface area contributed by atoms with Gasteiger partial charge in [0.2, 0.25) is 0 Å². The smallest absolute Gasteiger partial charge is 0.139 e. The van der Waals surface area contributed by atoms with Crippen LogP contribution in [-0.4, -0.2) is 53.3 Å². The lowest BCUT2D eigenvalue weighted by molar-refractivity contribution is 0.134. The van der Waals surface area contributed by atoms with E-state index < -0.39 is 0 Å². The van der Waals surface area contributed by atoms with E-state index in [1.807, 2.05) is 12.3 Å². The zero-order valence-electron chi connectivity index (χ0n) is 17.5. The molecule has 1 saturated heterocycles. The second-order valence-corrected chi connectivity index (χ2v) is 9.37. The summed E-state index contributed by atoms with van der Waals surface area (Å²) in [5.41, 5.74) is 4.49. The molecule has 5 rings (SSSR count). The Hall–Kier alpha value is -2.70. The van der Waals surface area contributed by atoms with Crippen LogP contribution >= 0.6 is 11.3 Å². The molecule has 0 spiro atoms. The highest BCUT2D eigenvalue weighted by Crippen LogP contribution is 2.39. The quantitative estimate of drug-likeness (QED) is 0.663. The molecule has 30 heavy (non-hydrogen) atoms. The van der Waals surface area contributed by atoms with E-state index in [0.717, 1.165) is 49.7 Å². The van der Waals surface area contributed by atoms with Crippen LogP contribution in [0.5, 0.6) is 0 Å². The van der Waals surface area contributed by atoms with Gasteiger partial charge < -0.3 is 10.2 Å². The van der Waals surface area contributed by atoms with E-state index in [0.29, 0.717) is 6.04 Å². The van der Waals surface area contributed by atoms with Crippen LogP contribution in [0.4, 0.5) is 16.4 Å². The number of rotatable bonds is 3. The summed E-state index contributed by atoms with van der Waals surface area (Å²) in [5.74, 6) is 1.10. The Labute approximate surface area is 182 Å². The van der Waals surface area contributed by atoms with Gasteiger partial charge in [0.1, 0.15) is 10.8 Å². The van der Waals surface area contributed by atoms with Crippen molar-refractivity contribution in [1.82, 2.24) is 14.8 Å². The Balaban J connectivity index is 1.42. The van der Waals surface area contributed by atoms with Crippen LogP contribution in [0.1, 0.15) is 22.6 Å². The largest absolute Gasteiger partial charge is 0.353 e. The molecule has 1 N–H and O–H groups in total. The minimum Gasteiger partial charge on any atom is -0.353 e. The van der Waals surface area contributed by atoms with Crippen molar-refractivity contribution in [1.29, 1.82) is 0 Å². The third kappa shape index (κ3) is 3.85. The van der Waals surface area contributed by atoms with E-state index in [9.17, 15) is 0 Å². The first-order valence-corrected chi connectivity index (χ1v) is 11.4. The highest BCUT2D eigenvalue weighted by atomic mass is 32.1. The van der Waals surface area contributed by atoms with Gasteiger partial charge in [-0.3, -0.25) is 9.88 Å². The number of anilines is 2. The lowest BCUT2D eigenvalue weighted by atomic mass is 10.0. The van der Waals surface area contributed by atoms with Gasteiger partial charge in [0.15, 0.2) is 0 Å². The molecule has 2 aromatic heterocycles. The summed E-state index contributed by atoms with van der Waals surface area (Å²) in [7, 11) is 2.24. The monoisotopic (exact) mass is 417 g/mol. The molecule has 154 valence electrons. The third-order valence-corrected chi connectivity index (χ3v) is 6.98. The number of aromatic nitrogens is 1. The van der Waals surface area contributed by atoms with Crippen molar-refractivity contribution < 1.29 is 0 Å². The van der Waals surface area contributed by atoms with Gasteiger partial charge in [-0.15, -0.1) is 11.3 Å². The molecule has 3 aromatic rings. The number of nitrogens with one attached hydrogen (secondary N) is 1. The first-order chi connectivity index (χ1) is 14.7. The van der Waals surface area contributed by atoms with E-state index in [1.165, 1.54) is 21.1 Å². The number of aryl methyl sites for hydroxylation is 2. The molecular formula is C24H27N5S. The van der Waals surface area contributed by atoms with Crippen LogP contribution in [0.2, 0.25) is 0 Å². The van der Waals surface area contributed by atoms with Gasteiger partial charge in [0.25, 0.3) is 0 Å². The molecule has 2 aliphatic heterocycles. The highest BCUT2D eigenvalue weighted by molar-refractivity contribution is 7.16. The summed E-state index contributed by atoms with van der Waals surface area (Å²) in [4.78, 5) is 15.9. The molecule has 5 nitrogen and oxygen atoms in total.